The van der Waals surface area contributed by atoms with Gasteiger partial charge in [-0.1, -0.05) is 12.1 Å². The molecule has 2 atom stereocenters. The molecule has 2 aliphatic rings. The number of fused-ring (bicyclic) bond motifs is 1. The fourth-order valence-corrected chi connectivity index (χ4v) is 2.48. The van der Waals surface area contributed by atoms with Crippen LogP contribution in [0.2, 0.25) is 0 Å². The molecule has 1 aromatic carbocycles. The van der Waals surface area contributed by atoms with E-state index in [-0.39, 0.29) is 24.9 Å². The minimum Gasteiger partial charge on any atom is -0.485 e. The largest absolute Gasteiger partial charge is 0.485 e. The third-order valence-corrected chi connectivity index (χ3v) is 3.46. The number of benzene rings is 1. The molecule has 1 saturated heterocycles. The maximum Gasteiger partial charge on any atom is 0.267 e. The highest BCUT2D eigenvalue weighted by molar-refractivity contribution is 5.85. The number of halogens is 1. The van der Waals surface area contributed by atoms with Crippen molar-refractivity contribution in [2.24, 2.45) is 0 Å². The summed E-state index contributed by atoms with van der Waals surface area (Å²) in [6.07, 6.45) is -0.528. The Hall–Kier alpha value is -1.46. The smallest absolute Gasteiger partial charge is 0.267 e. The standard InChI is InChI=1S/C14H18N2O3.ClH/c1-10-8-16(7-6-15-10)14(17)13-9-18-11-4-2-3-5-12(11)19-13;/h2-5,10,13,15H,6-9H2,1H3;1H/t10-,13?;/m1./s1. The van der Waals surface area contributed by atoms with E-state index < -0.39 is 6.10 Å². The predicted octanol–water partition coefficient (Wildman–Crippen LogP) is 1.07. The summed E-state index contributed by atoms with van der Waals surface area (Å²) in [5.74, 6) is 1.37. The molecule has 6 heteroatoms. The van der Waals surface area contributed by atoms with E-state index in [1.54, 1.807) is 0 Å². The van der Waals surface area contributed by atoms with Crippen LogP contribution < -0.4 is 14.8 Å². The van der Waals surface area contributed by atoms with E-state index in [0.717, 1.165) is 19.6 Å². The molecule has 0 spiro atoms. The summed E-state index contributed by atoms with van der Waals surface area (Å²) >= 11 is 0. The number of hydrogen-bond donors (Lipinski definition) is 1. The van der Waals surface area contributed by atoms with Crippen LogP contribution in [0.5, 0.6) is 11.5 Å². The summed E-state index contributed by atoms with van der Waals surface area (Å²) in [4.78, 5) is 14.3. The number of ether oxygens (including phenoxy) is 2. The highest BCUT2D eigenvalue weighted by atomic mass is 35.5. The van der Waals surface area contributed by atoms with Crippen LogP contribution in [-0.4, -0.2) is 49.2 Å². The summed E-state index contributed by atoms with van der Waals surface area (Å²) in [5, 5.41) is 3.32. The summed E-state index contributed by atoms with van der Waals surface area (Å²) in [6.45, 7) is 4.64. The Bertz CT molecular complexity index is 483. The molecule has 20 heavy (non-hydrogen) atoms. The van der Waals surface area contributed by atoms with Gasteiger partial charge in [-0.2, -0.15) is 0 Å². The molecule has 3 rings (SSSR count). The lowest BCUT2D eigenvalue weighted by Gasteiger charge is -2.35. The second-order valence-corrected chi connectivity index (χ2v) is 5.00. The van der Waals surface area contributed by atoms with Crippen molar-refractivity contribution in [2.75, 3.05) is 26.2 Å². The van der Waals surface area contributed by atoms with E-state index in [1.807, 2.05) is 29.2 Å². The quantitative estimate of drug-likeness (QED) is 0.843. The number of carbonyl (C=O) groups excluding carboxylic acids is 1. The first-order chi connectivity index (χ1) is 9.24. The number of rotatable bonds is 1. The SMILES string of the molecule is C[C@@H]1CN(C(=O)C2COc3ccccc3O2)CCN1.Cl. The van der Waals surface area contributed by atoms with Crippen LogP contribution in [0.3, 0.4) is 0 Å². The van der Waals surface area contributed by atoms with Gasteiger partial charge in [-0.05, 0) is 19.1 Å². The van der Waals surface area contributed by atoms with Crippen LogP contribution in [0.25, 0.3) is 0 Å². The lowest BCUT2D eigenvalue weighted by molar-refractivity contribution is -0.142. The molecule has 110 valence electrons. The van der Waals surface area contributed by atoms with Gasteiger partial charge in [0.15, 0.2) is 11.5 Å². The maximum absolute atomic E-state index is 12.4. The average Bonchev–Trinajstić information content (AvgIpc) is 2.46. The molecule has 1 N–H and O–H groups in total. The second-order valence-electron chi connectivity index (χ2n) is 5.00. The molecule has 1 aromatic rings. The molecular formula is C14H19ClN2O3. The first-order valence-electron chi connectivity index (χ1n) is 6.64. The normalized spacial score (nSPS) is 24.8. The highest BCUT2D eigenvalue weighted by Gasteiger charge is 2.32. The Kier molecular flexibility index (Phi) is 4.73. The first-order valence-corrected chi connectivity index (χ1v) is 6.64. The van der Waals surface area contributed by atoms with Crippen molar-refractivity contribution in [3.63, 3.8) is 0 Å². The van der Waals surface area contributed by atoms with E-state index in [1.165, 1.54) is 0 Å². The van der Waals surface area contributed by atoms with Gasteiger partial charge in [0.2, 0.25) is 6.10 Å². The van der Waals surface area contributed by atoms with Gasteiger partial charge in [0, 0.05) is 25.7 Å². The zero-order valence-corrected chi connectivity index (χ0v) is 12.2. The Labute approximate surface area is 124 Å². The summed E-state index contributed by atoms with van der Waals surface area (Å²) in [6, 6.07) is 7.78. The van der Waals surface area contributed by atoms with E-state index in [2.05, 4.69) is 12.2 Å². The molecule has 1 fully saturated rings. The van der Waals surface area contributed by atoms with Crippen molar-refractivity contribution < 1.29 is 14.3 Å². The second kappa shape index (κ2) is 6.33. The van der Waals surface area contributed by atoms with E-state index >= 15 is 0 Å². The molecule has 0 saturated carbocycles. The third-order valence-electron chi connectivity index (χ3n) is 3.46. The van der Waals surface area contributed by atoms with Gasteiger partial charge in [-0.25, -0.2) is 0 Å². The molecule has 0 aromatic heterocycles. The van der Waals surface area contributed by atoms with Crippen molar-refractivity contribution in [3.05, 3.63) is 24.3 Å². The van der Waals surface area contributed by atoms with E-state index in [4.69, 9.17) is 9.47 Å². The Morgan fingerprint density at radius 1 is 1.35 bits per heavy atom. The average molecular weight is 299 g/mol. The van der Waals surface area contributed by atoms with Crippen LogP contribution in [0.4, 0.5) is 0 Å². The summed E-state index contributed by atoms with van der Waals surface area (Å²) < 4.78 is 11.3. The van der Waals surface area contributed by atoms with Crippen molar-refractivity contribution in [1.82, 2.24) is 10.2 Å². The molecule has 1 amide bonds. The van der Waals surface area contributed by atoms with Crippen molar-refractivity contribution in [1.29, 1.82) is 0 Å². The fourth-order valence-electron chi connectivity index (χ4n) is 2.48. The van der Waals surface area contributed by atoms with Crippen LogP contribution in [-0.2, 0) is 4.79 Å². The minimum atomic E-state index is -0.528. The highest BCUT2D eigenvalue weighted by Crippen LogP contribution is 2.31. The van der Waals surface area contributed by atoms with Crippen molar-refractivity contribution in [2.45, 2.75) is 19.1 Å². The molecule has 0 aliphatic carbocycles. The van der Waals surface area contributed by atoms with Crippen LogP contribution in [0.1, 0.15) is 6.92 Å². The Morgan fingerprint density at radius 3 is 2.85 bits per heavy atom. The number of nitrogens with zero attached hydrogens (tertiary/aromatic N) is 1. The van der Waals surface area contributed by atoms with Gasteiger partial charge in [0.25, 0.3) is 5.91 Å². The lowest BCUT2D eigenvalue weighted by atomic mass is 10.2. The number of para-hydroxylation sites is 2. The topological polar surface area (TPSA) is 50.8 Å². The van der Waals surface area contributed by atoms with Gasteiger partial charge < -0.3 is 19.7 Å². The van der Waals surface area contributed by atoms with Gasteiger partial charge >= 0.3 is 0 Å². The number of hydrogen-bond acceptors (Lipinski definition) is 4. The van der Waals surface area contributed by atoms with Crippen LogP contribution >= 0.6 is 12.4 Å². The summed E-state index contributed by atoms with van der Waals surface area (Å²) in [5.41, 5.74) is 0. The van der Waals surface area contributed by atoms with Gasteiger partial charge in [-0.15, -0.1) is 12.4 Å². The molecule has 2 heterocycles. The zero-order valence-electron chi connectivity index (χ0n) is 11.4. The molecule has 0 bridgehead atoms. The van der Waals surface area contributed by atoms with Gasteiger partial charge in [0.1, 0.15) is 6.61 Å². The first kappa shape index (κ1) is 14.9. The van der Waals surface area contributed by atoms with Crippen molar-refractivity contribution in [3.8, 4) is 11.5 Å². The summed E-state index contributed by atoms with van der Waals surface area (Å²) in [7, 11) is 0. The third kappa shape index (κ3) is 2.99. The molecule has 5 nitrogen and oxygen atoms in total. The predicted molar refractivity (Wildman–Crippen MR) is 77.6 cm³/mol. The van der Waals surface area contributed by atoms with Crippen LogP contribution in [0, 0.1) is 0 Å². The van der Waals surface area contributed by atoms with Gasteiger partial charge in [0.05, 0.1) is 0 Å². The Balaban J connectivity index is 0.00000147. The number of nitrogens with one attached hydrogen (secondary N) is 1. The molecule has 0 radical (unpaired) electrons. The molecule has 2 aliphatic heterocycles. The van der Waals surface area contributed by atoms with E-state index in [9.17, 15) is 4.79 Å². The minimum absolute atomic E-state index is 0. The fraction of sp³-hybridized carbons (Fsp3) is 0.500. The van der Waals surface area contributed by atoms with Crippen LogP contribution in [0.15, 0.2) is 24.3 Å². The van der Waals surface area contributed by atoms with Crippen molar-refractivity contribution >= 4 is 18.3 Å². The Morgan fingerprint density at radius 2 is 2.10 bits per heavy atom. The number of carbonyl (C=O) groups is 1. The van der Waals surface area contributed by atoms with Gasteiger partial charge in [-0.3, -0.25) is 4.79 Å². The molecular weight excluding hydrogens is 280 g/mol. The lowest BCUT2D eigenvalue weighted by Crippen LogP contribution is -2.55. The number of piperazine rings is 1. The monoisotopic (exact) mass is 298 g/mol. The molecule has 1 unspecified atom stereocenters. The van der Waals surface area contributed by atoms with E-state index in [0.29, 0.717) is 17.5 Å². The zero-order chi connectivity index (χ0) is 13.2. The maximum atomic E-state index is 12.4. The number of amides is 1.